The summed E-state index contributed by atoms with van der Waals surface area (Å²) in [4.78, 5) is 21.0. The third-order valence-electron chi connectivity index (χ3n) is 3.96. The predicted octanol–water partition coefficient (Wildman–Crippen LogP) is 1.73. The fraction of sp³-hybridized carbons (Fsp3) is 0.267. The lowest BCUT2D eigenvalue weighted by Gasteiger charge is -2.35. The SMILES string of the molecule is O=C(c1ccc(Cl)s1)N1CCN(c2ccc(-n3cncn3)nn2)CC1. The maximum atomic E-state index is 12.4. The van der Waals surface area contributed by atoms with E-state index in [0.29, 0.717) is 41.2 Å². The van der Waals surface area contributed by atoms with E-state index < -0.39 is 0 Å². The van der Waals surface area contributed by atoms with Crippen LogP contribution >= 0.6 is 22.9 Å². The molecule has 0 aromatic carbocycles. The summed E-state index contributed by atoms with van der Waals surface area (Å²) in [6.07, 6.45) is 3.03. The number of thiophene rings is 1. The zero-order chi connectivity index (χ0) is 17.2. The van der Waals surface area contributed by atoms with Crippen LogP contribution < -0.4 is 4.90 Å². The van der Waals surface area contributed by atoms with Crippen molar-refractivity contribution in [3.63, 3.8) is 0 Å². The molecule has 0 aliphatic carbocycles. The van der Waals surface area contributed by atoms with Crippen LogP contribution in [0.5, 0.6) is 0 Å². The molecule has 0 saturated carbocycles. The van der Waals surface area contributed by atoms with Crippen molar-refractivity contribution in [2.45, 2.75) is 0 Å². The fourth-order valence-corrected chi connectivity index (χ4v) is 3.67. The van der Waals surface area contributed by atoms with Crippen molar-refractivity contribution in [1.29, 1.82) is 0 Å². The summed E-state index contributed by atoms with van der Waals surface area (Å²) in [5, 5.41) is 12.5. The number of hydrogen-bond acceptors (Lipinski definition) is 7. The molecule has 0 radical (unpaired) electrons. The highest BCUT2D eigenvalue weighted by Gasteiger charge is 2.24. The minimum absolute atomic E-state index is 0.0316. The highest BCUT2D eigenvalue weighted by molar-refractivity contribution is 7.17. The molecular weight excluding hydrogens is 362 g/mol. The number of hydrogen-bond donors (Lipinski definition) is 0. The van der Waals surface area contributed by atoms with Gasteiger partial charge in [0.05, 0.1) is 9.21 Å². The lowest BCUT2D eigenvalue weighted by Crippen LogP contribution is -2.49. The van der Waals surface area contributed by atoms with Crippen LogP contribution in [-0.2, 0) is 0 Å². The van der Waals surface area contributed by atoms with Crippen molar-refractivity contribution >= 4 is 34.7 Å². The quantitative estimate of drug-likeness (QED) is 0.693. The lowest BCUT2D eigenvalue weighted by atomic mass is 10.3. The third-order valence-corrected chi connectivity index (χ3v) is 5.18. The summed E-state index contributed by atoms with van der Waals surface area (Å²) in [5.74, 6) is 1.43. The van der Waals surface area contributed by atoms with Crippen molar-refractivity contribution < 1.29 is 4.79 Å². The van der Waals surface area contributed by atoms with Crippen molar-refractivity contribution in [2.24, 2.45) is 0 Å². The second-order valence-corrected chi connectivity index (χ2v) is 7.19. The van der Waals surface area contributed by atoms with Gasteiger partial charge in [-0.2, -0.15) is 5.10 Å². The van der Waals surface area contributed by atoms with Crippen molar-refractivity contribution in [2.75, 3.05) is 31.1 Å². The van der Waals surface area contributed by atoms with Crippen LogP contribution in [0, 0.1) is 0 Å². The van der Waals surface area contributed by atoms with Crippen LogP contribution in [-0.4, -0.2) is 61.9 Å². The summed E-state index contributed by atoms with van der Waals surface area (Å²) in [7, 11) is 0. The molecule has 1 aliphatic heterocycles. The second-order valence-electron chi connectivity index (χ2n) is 5.47. The van der Waals surface area contributed by atoms with Gasteiger partial charge < -0.3 is 9.80 Å². The molecule has 10 heteroatoms. The van der Waals surface area contributed by atoms with Gasteiger partial charge in [-0.05, 0) is 24.3 Å². The van der Waals surface area contributed by atoms with Gasteiger partial charge in [0.1, 0.15) is 12.7 Å². The molecule has 128 valence electrons. The summed E-state index contributed by atoms with van der Waals surface area (Å²) in [5.41, 5.74) is 0. The van der Waals surface area contributed by atoms with E-state index in [0.717, 1.165) is 5.82 Å². The number of aromatic nitrogens is 5. The molecule has 0 bridgehead atoms. The van der Waals surface area contributed by atoms with Gasteiger partial charge in [-0.3, -0.25) is 4.79 Å². The maximum Gasteiger partial charge on any atom is 0.264 e. The van der Waals surface area contributed by atoms with E-state index in [1.54, 1.807) is 23.1 Å². The first kappa shape index (κ1) is 16.0. The van der Waals surface area contributed by atoms with Gasteiger partial charge in [-0.15, -0.1) is 21.5 Å². The molecule has 3 aromatic heterocycles. The van der Waals surface area contributed by atoms with Gasteiger partial charge >= 0.3 is 0 Å². The average Bonchev–Trinajstić information content (AvgIpc) is 3.33. The first-order valence-corrected chi connectivity index (χ1v) is 8.88. The Morgan fingerprint density at radius 2 is 1.80 bits per heavy atom. The van der Waals surface area contributed by atoms with Crippen LogP contribution in [0.15, 0.2) is 36.9 Å². The van der Waals surface area contributed by atoms with Gasteiger partial charge in [-0.1, -0.05) is 11.6 Å². The van der Waals surface area contributed by atoms with Crippen LogP contribution in [0.3, 0.4) is 0 Å². The zero-order valence-corrected chi connectivity index (χ0v) is 14.7. The Balaban J connectivity index is 1.39. The van der Waals surface area contributed by atoms with Gasteiger partial charge in [0, 0.05) is 26.2 Å². The van der Waals surface area contributed by atoms with Crippen LogP contribution in [0.2, 0.25) is 4.34 Å². The Labute approximate surface area is 152 Å². The number of carbonyl (C=O) groups is 1. The van der Waals surface area contributed by atoms with Gasteiger partial charge in [0.15, 0.2) is 11.6 Å². The summed E-state index contributed by atoms with van der Waals surface area (Å²) >= 11 is 7.22. The van der Waals surface area contributed by atoms with Crippen molar-refractivity contribution in [3.05, 3.63) is 46.1 Å². The molecule has 8 nitrogen and oxygen atoms in total. The van der Waals surface area contributed by atoms with E-state index in [1.807, 2.05) is 17.0 Å². The maximum absolute atomic E-state index is 12.4. The van der Waals surface area contributed by atoms with E-state index in [9.17, 15) is 4.79 Å². The monoisotopic (exact) mass is 375 g/mol. The highest BCUT2D eigenvalue weighted by Crippen LogP contribution is 2.23. The standard InChI is InChI=1S/C15H14ClN7OS/c16-12-2-1-11(25-12)15(24)22-7-5-21(6-8-22)13-3-4-14(20-19-13)23-10-17-9-18-23/h1-4,9-10H,5-8H2. The Morgan fingerprint density at radius 1 is 1.04 bits per heavy atom. The van der Waals surface area contributed by atoms with E-state index >= 15 is 0 Å². The van der Waals surface area contributed by atoms with E-state index in [4.69, 9.17) is 11.6 Å². The number of halogens is 1. The van der Waals surface area contributed by atoms with Crippen LogP contribution in [0.25, 0.3) is 5.82 Å². The van der Waals surface area contributed by atoms with Crippen LogP contribution in [0.4, 0.5) is 5.82 Å². The second kappa shape index (κ2) is 6.77. The predicted molar refractivity (Wildman–Crippen MR) is 94.4 cm³/mol. The van der Waals surface area contributed by atoms with Gasteiger partial charge in [0.2, 0.25) is 0 Å². The Kier molecular flexibility index (Phi) is 4.33. The number of carbonyl (C=O) groups excluding carboxylic acids is 1. The largest absolute Gasteiger partial charge is 0.352 e. The summed E-state index contributed by atoms with van der Waals surface area (Å²) < 4.78 is 2.18. The minimum atomic E-state index is 0.0316. The molecule has 0 unspecified atom stereocenters. The number of anilines is 1. The van der Waals surface area contributed by atoms with Crippen molar-refractivity contribution in [3.8, 4) is 5.82 Å². The molecular formula is C15H14ClN7OS. The molecule has 0 spiro atoms. The molecule has 1 amide bonds. The van der Waals surface area contributed by atoms with E-state index in [2.05, 4.69) is 25.2 Å². The molecule has 25 heavy (non-hydrogen) atoms. The zero-order valence-electron chi connectivity index (χ0n) is 13.1. The molecule has 4 heterocycles. The number of amides is 1. The molecule has 0 N–H and O–H groups in total. The number of nitrogens with zero attached hydrogens (tertiary/aromatic N) is 7. The summed E-state index contributed by atoms with van der Waals surface area (Å²) in [6.45, 7) is 2.70. The van der Waals surface area contributed by atoms with Crippen LogP contribution in [0.1, 0.15) is 9.67 Å². The first-order valence-electron chi connectivity index (χ1n) is 7.69. The molecule has 1 saturated heterocycles. The molecule has 4 rings (SSSR count). The Hall–Kier alpha value is -2.52. The van der Waals surface area contributed by atoms with E-state index in [-0.39, 0.29) is 5.91 Å². The van der Waals surface area contributed by atoms with E-state index in [1.165, 1.54) is 17.7 Å². The number of piperazine rings is 1. The lowest BCUT2D eigenvalue weighted by molar-refractivity contribution is 0.0751. The fourth-order valence-electron chi connectivity index (χ4n) is 2.66. The minimum Gasteiger partial charge on any atom is -0.352 e. The third kappa shape index (κ3) is 3.33. The first-order chi connectivity index (χ1) is 12.2. The Morgan fingerprint density at radius 3 is 2.40 bits per heavy atom. The topological polar surface area (TPSA) is 80.0 Å². The summed E-state index contributed by atoms with van der Waals surface area (Å²) in [6, 6.07) is 7.28. The number of rotatable bonds is 3. The van der Waals surface area contributed by atoms with Gasteiger partial charge in [0.25, 0.3) is 5.91 Å². The van der Waals surface area contributed by atoms with Gasteiger partial charge in [-0.25, -0.2) is 9.67 Å². The molecule has 1 aliphatic rings. The average molecular weight is 376 g/mol. The highest BCUT2D eigenvalue weighted by atomic mass is 35.5. The normalized spacial score (nSPS) is 14.8. The molecule has 1 fully saturated rings. The Bertz CT molecular complexity index is 856. The molecule has 0 atom stereocenters. The smallest absolute Gasteiger partial charge is 0.264 e. The van der Waals surface area contributed by atoms with Crippen molar-refractivity contribution in [1.82, 2.24) is 29.9 Å². The molecule has 3 aromatic rings.